The summed E-state index contributed by atoms with van der Waals surface area (Å²) in [5.41, 5.74) is 0. The lowest BCUT2D eigenvalue weighted by Gasteiger charge is -2.18. The van der Waals surface area contributed by atoms with E-state index in [-0.39, 0.29) is 31.1 Å². The van der Waals surface area contributed by atoms with E-state index in [4.69, 9.17) is 14.2 Å². The molecule has 0 fully saturated rings. The van der Waals surface area contributed by atoms with Crippen molar-refractivity contribution in [2.75, 3.05) is 13.2 Å². The van der Waals surface area contributed by atoms with Crippen molar-refractivity contribution in [2.24, 2.45) is 0 Å². The fourth-order valence-electron chi connectivity index (χ4n) is 10.8. The molecule has 1 unspecified atom stereocenters. The van der Waals surface area contributed by atoms with E-state index in [0.717, 1.165) is 89.9 Å². The SMILES string of the molecule is CC/C=C\C/C=C\C/C=C\C/C=C\CCCCCCCCCCCCCCCCC(=O)OCC(COC(=O)CCCCCCC/C=C\CCCCC)OC(=O)CCCCCCCCCCCCCCCCCCCCCCCCCCC. The summed E-state index contributed by atoms with van der Waals surface area (Å²) in [7, 11) is 0. The standard InChI is InChI=1S/C76H138O6/c1-4-7-10-13-16-19-22-25-27-29-31-33-35-37-38-40-41-43-45-47-49-51-54-57-60-63-66-69-75(78)81-72-73(71-80-74(77)68-65-62-59-56-53-24-21-18-15-12-9-6-3)82-76(79)70-67-64-61-58-55-52-50-48-46-44-42-39-36-34-32-30-28-26-23-20-17-14-11-8-5-2/h7,10,16,18-19,21,25,27,31,33,73H,4-6,8-9,11-15,17,20,22-24,26,28-30,32,34-72H2,1-3H3/b10-7-,19-16-,21-18-,27-25-,33-31-. The van der Waals surface area contributed by atoms with Gasteiger partial charge in [0, 0.05) is 19.3 Å². The van der Waals surface area contributed by atoms with Gasteiger partial charge in [0.15, 0.2) is 6.10 Å². The molecule has 6 nitrogen and oxygen atoms in total. The van der Waals surface area contributed by atoms with Gasteiger partial charge in [-0.3, -0.25) is 14.4 Å². The summed E-state index contributed by atoms with van der Waals surface area (Å²) in [4.78, 5) is 38.4. The van der Waals surface area contributed by atoms with Crippen LogP contribution in [0.5, 0.6) is 0 Å². The highest BCUT2D eigenvalue weighted by Crippen LogP contribution is 2.19. The molecule has 0 saturated carbocycles. The van der Waals surface area contributed by atoms with Gasteiger partial charge < -0.3 is 14.2 Å². The van der Waals surface area contributed by atoms with Crippen molar-refractivity contribution in [1.82, 2.24) is 0 Å². The lowest BCUT2D eigenvalue weighted by atomic mass is 10.0. The number of allylic oxidation sites excluding steroid dienone is 10. The summed E-state index contributed by atoms with van der Waals surface area (Å²) in [5.74, 6) is -0.856. The quantitative estimate of drug-likeness (QED) is 0.0261. The second-order valence-electron chi connectivity index (χ2n) is 24.5. The van der Waals surface area contributed by atoms with Crippen molar-refractivity contribution in [2.45, 2.75) is 393 Å². The van der Waals surface area contributed by atoms with Crippen LogP contribution in [-0.2, 0) is 28.6 Å². The van der Waals surface area contributed by atoms with Crippen LogP contribution in [0.25, 0.3) is 0 Å². The fourth-order valence-corrected chi connectivity index (χ4v) is 10.8. The van der Waals surface area contributed by atoms with Gasteiger partial charge in [-0.1, -0.05) is 345 Å². The van der Waals surface area contributed by atoms with Crippen LogP contribution in [0.2, 0.25) is 0 Å². The molecule has 82 heavy (non-hydrogen) atoms. The average Bonchev–Trinajstić information content (AvgIpc) is 3.47. The molecular formula is C76H138O6. The molecule has 0 aromatic rings. The zero-order valence-corrected chi connectivity index (χ0v) is 55.0. The fraction of sp³-hybridized carbons (Fsp3) is 0.829. The van der Waals surface area contributed by atoms with Crippen LogP contribution in [0.3, 0.4) is 0 Å². The Morgan fingerprint density at radius 1 is 0.256 bits per heavy atom. The Morgan fingerprint density at radius 2 is 0.476 bits per heavy atom. The second-order valence-corrected chi connectivity index (χ2v) is 24.5. The second kappa shape index (κ2) is 70.6. The Bertz CT molecular complexity index is 1460. The van der Waals surface area contributed by atoms with Crippen molar-refractivity contribution < 1.29 is 28.6 Å². The van der Waals surface area contributed by atoms with Crippen molar-refractivity contribution in [3.05, 3.63) is 60.8 Å². The summed E-state index contributed by atoms with van der Waals surface area (Å²) in [6.07, 6.45) is 91.2. The largest absolute Gasteiger partial charge is 0.462 e. The number of esters is 3. The Kier molecular flexibility index (Phi) is 68.1. The minimum atomic E-state index is -0.776. The number of unbranched alkanes of at least 4 members (excludes halogenated alkanes) is 46. The summed E-state index contributed by atoms with van der Waals surface area (Å²) in [6, 6.07) is 0. The first-order valence-corrected chi connectivity index (χ1v) is 36.3. The van der Waals surface area contributed by atoms with E-state index in [9.17, 15) is 14.4 Å². The summed E-state index contributed by atoms with van der Waals surface area (Å²) in [6.45, 7) is 6.56. The number of carbonyl (C=O) groups excluding carboxylic acids is 3. The van der Waals surface area contributed by atoms with Crippen LogP contribution in [0.1, 0.15) is 387 Å². The molecule has 0 aromatic heterocycles. The third-order valence-corrected chi connectivity index (χ3v) is 16.3. The maximum Gasteiger partial charge on any atom is 0.306 e. The van der Waals surface area contributed by atoms with Crippen LogP contribution in [-0.4, -0.2) is 37.2 Å². The number of hydrogen-bond acceptors (Lipinski definition) is 6. The van der Waals surface area contributed by atoms with Gasteiger partial charge >= 0.3 is 17.9 Å². The van der Waals surface area contributed by atoms with Crippen LogP contribution in [0, 0.1) is 0 Å². The van der Waals surface area contributed by atoms with Crippen LogP contribution in [0.15, 0.2) is 60.8 Å². The highest BCUT2D eigenvalue weighted by molar-refractivity contribution is 5.71. The van der Waals surface area contributed by atoms with Crippen molar-refractivity contribution in [1.29, 1.82) is 0 Å². The minimum Gasteiger partial charge on any atom is -0.462 e. The van der Waals surface area contributed by atoms with Gasteiger partial charge in [0.05, 0.1) is 0 Å². The number of carbonyl (C=O) groups is 3. The van der Waals surface area contributed by atoms with Crippen molar-refractivity contribution in [3.63, 3.8) is 0 Å². The van der Waals surface area contributed by atoms with Gasteiger partial charge in [0.1, 0.15) is 13.2 Å². The molecule has 0 rings (SSSR count). The lowest BCUT2D eigenvalue weighted by Crippen LogP contribution is -2.30. The molecule has 1 atom stereocenters. The monoisotopic (exact) mass is 1150 g/mol. The molecule has 0 aromatic carbocycles. The zero-order valence-electron chi connectivity index (χ0n) is 55.0. The molecule has 0 aliphatic carbocycles. The van der Waals surface area contributed by atoms with Gasteiger partial charge in [0.2, 0.25) is 0 Å². The van der Waals surface area contributed by atoms with Crippen LogP contribution in [0.4, 0.5) is 0 Å². The lowest BCUT2D eigenvalue weighted by molar-refractivity contribution is -0.167. The van der Waals surface area contributed by atoms with Crippen LogP contribution >= 0.6 is 0 Å². The highest BCUT2D eigenvalue weighted by atomic mass is 16.6. The number of hydrogen-bond donors (Lipinski definition) is 0. The minimum absolute atomic E-state index is 0.0724. The molecule has 0 amide bonds. The summed E-state index contributed by atoms with van der Waals surface area (Å²) in [5, 5.41) is 0. The molecule has 0 radical (unpaired) electrons. The van der Waals surface area contributed by atoms with E-state index < -0.39 is 6.10 Å². The van der Waals surface area contributed by atoms with Crippen LogP contribution < -0.4 is 0 Å². The van der Waals surface area contributed by atoms with Gasteiger partial charge in [-0.25, -0.2) is 0 Å². The van der Waals surface area contributed by atoms with E-state index in [0.29, 0.717) is 19.3 Å². The molecular weight excluding hydrogens is 1010 g/mol. The molecule has 0 N–H and O–H groups in total. The first-order chi connectivity index (χ1) is 40.5. The predicted octanol–water partition coefficient (Wildman–Crippen LogP) is 25.1. The Balaban J connectivity index is 4.19. The Hall–Kier alpha value is -2.89. The van der Waals surface area contributed by atoms with Crippen molar-refractivity contribution >= 4 is 17.9 Å². The predicted molar refractivity (Wildman–Crippen MR) is 358 cm³/mol. The Labute approximate surface area is 510 Å². The normalized spacial score (nSPS) is 12.4. The first kappa shape index (κ1) is 79.1. The highest BCUT2D eigenvalue weighted by Gasteiger charge is 2.19. The summed E-state index contributed by atoms with van der Waals surface area (Å²) < 4.78 is 17.0. The molecule has 6 heteroatoms. The smallest absolute Gasteiger partial charge is 0.306 e. The van der Waals surface area contributed by atoms with E-state index in [1.807, 2.05) is 0 Å². The number of ether oxygens (including phenoxy) is 3. The maximum atomic E-state index is 13.0. The topological polar surface area (TPSA) is 78.9 Å². The van der Waals surface area contributed by atoms with E-state index in [1.165, 1.54) is 257 Å². The molecule has 0 spiro atoms. The third-order valence-electron chi connectivity index (χ3n) is 16.3. The molecule has 478 valence electrons. The first-order valence-electron chi connectivity index (χ1n) is 36.3. The van der Waals surface area contributed by atoms with E-state index >= 15 is 0 Å². The molecule has 0 saturated heterocycles. The molecule has 0 aliphatic rings. The maximum absolute atomic E-state index is 13.0. The van der Waals surface area contributed by atoms with Gasteiger partial charge in [-0.15, -0.1) is 0 Å². The van der Waals surface area contributed by atoms with Gasteiger partial charge in [-0.2, -0.15) is 0 Å². The molecule has 0 heterocycles. The van der Waals surface area contributed by atoms with E-state index in [1.54, 1.807) is 0 Å². The van der Waals surface area contributed by atoms with Gasteiger partial charge in [0.25, 0.3) is 0 Å². The zero-order chi connectivity index (χ0) is 59.2. The van der Waals surface area contributed by atoms with Crippen molar-refractivity contribution in [3.8, 4) is 0 Å². The Morgan fingerprint density at radius 3 is 0.780 bits per heavy atom. The average molecular weight is 1150 g/mol. The molecule has 0 aliphatic heterocycles. The third kappa shape index (κ3) is 67.9. The number of rotatable bonds is 67. The summed E-state index contributed by atoms with van der Waals surface area (Å²) >= 11 is 0. The van der Waals surface area contributed by atoms with Gasteiger partial charge in [-0.05, 0) is 83.5 Å². The van der Waals surface area contributed by atoms with E-state index in [2.05, 4.69) is 81.5 Å². The molecule has 0 bridgehead atoms.